The van der Waals surface area contributed by atoms with E-state index >= 15 is 0 Å². The number of pyridine rings is 1. The van der Waals surface area contributed by atoms with E-state index in [9.17, 15) is 8.42 Å². The number of primary sulfonamides is 1. The standard InChI is InChI=1S/C19H25N3O2S/c1-13-17(6-5-11-21-13)22(4)12-16-18(19(16,2)3)14-7-9-15(10-8-14)25(20,23)24/h5-11,16,18H,12H2,1-4H3,(H2,20,23,24). The highest BCUT2D eigenvalue weighted by atomic mass is 32.2. The van der Waals surface area contributed by atoms with Crippen molar-refractivity contribution in [2.24, 2.45) is 16.5 Å². The van der Waals surface area contributed by atoms with Crippen LogP contribution in [0.5, 0.6) is 0 Å². The maximum atomic E-state index is 11.4. The van der Waals surface area contributed by atoms with E-state index in [2.05, 4.69) is 36.8 Å². The molecule has 0 radical (unpaired) electrons. The molecule has 0 aliphatic heterocycles. The number of hydrogen-bond acceptors (Lipinski definition) is 4. The summed E-state index contributed by atoms with van der Waals surface area (Å²) in [6, 6.07) is 11.0. The Labute approximate surface area is 149 Å². The number of aromatic nitrogens is 1. The Morgan fingerprint density at radius 1 is 1.20 bits per heavy atom. The largest absolute Gasteiger partial charge is 0.373 e. The van der Waals surface area contributed by atoms with Gasteiger partial charge in [0.2, 0.25) is 10.0 Å². The molecule has 1 heterocycles. The van der Waals surface area contributed by atoms with E-state index in [1.54, 1.807) is 12.1 Å². The highest BCUT2D eigenvalue weighted by Crippen LogP contribution is 2.64. The predicted octanol–water partition coefficient (Wildman–Crippen LogP) is 2.91. The SMILES string of the molecule is Cc1ncccc1N(C)CC1C(c2ccc(S(N)(=O)=O)cc2)C1(C)C. The minimum Gasteiger partial charge on any atom is -0.373 e. The summed E-state index contributed by atoms with van der Waals surface area (Å²) >= 11 is 0. The fraction of sp³-hybridized carbons (Fsp3) is 0.421. The molecule has 2 unspecified atom stereocenters. The lowest BCUT2D eigenvalue weighted by Crippen LogP contribution is -2.22. The highest BCUT2D eigenvalue weighted by Gasteiger charge is 2.58. The van der Waals surface area contributed by atoms with Crippen LogP contribution in [0.1, 0.15) is 31.0 Å². The fourth-order valence-corrected chi connectivity index (χ4v) is 4.40. The molecule has 1 aliphatic rings. The Kier molecular flexibility index (Phi) is 4.37. The molecule has 1 saturated carbocycles. The molecule has 0 amide bonds. The first-order valence-corrected chi connectivity index (χ1v) is 9.92. The van der Waals surface area contributed by atoms with Gasteiger partial charge >= 0.3 is 0 Å². The smallest absolute Gasteiger partial charge is 0.238 e. The molecule has 1 aromatic heterocycles. The van der Waals surface area contributed by atoms with Gasteiger partial charge in [0.1, 0.15) is 0 Å². The van der Waals surface area contributed by atoms with Gasteiger partial charge in [0.25, 0.3) is 0 Å². The third kappa shape index (κ3) is 3.41. The van der Waals surface area contributed by atoms with E-state index in [4.69, 9.17) is 5.14 Å². The van der Waals surface area contributed by atoms with Crippen molar-refractivity contribution in [1.82, 2.24) is 4.98 Å². The topological polar surface area (TPSA) is 76.3 Å². The number of aryl methyl sites for hydroxylation is 1. The van der Waals surface area contributed by atoms with Crippen molar-refractivity contribution in [2.75, 3.05) is 18.5 Å². The summed E-state index contributed by atoms with van der Waals surface area (Å²) in [5.74, 6) is 0.902. The second-order valence-corrected chi connectivity index (χ2v) is 9.07. The monoisotopic (exact) mass is 359 g/mol. The van der Waals surface area contributed by atoms with Crippen LogP contribution >= 0.6 is 0 Å². The normalized spacial score (nSPS) is 21.8. The van der Waals surface area contributed by atoms with Crippen molar-refractivity contribution in [1.29, 1.82) is 0 Å². The van der Waals surface area contributed by atoms with Crippen molar-refractivity contribution in [3.8, 4) is 0 Å². The van der Waals surface area contributed by atoms with Crippen LogP contribution in [-0.4, -0.2) is 27.0 Å². The van der Waals surface area contributed by atoms with Crippen LogP contribution in [0.2, 0.25) is 0 Å². The molecular formula is C19H25N3O2S. The minimum atomic E-state index is -3.64. The fourth-order valence-electron chi connectivity index (χ4n) is 3.88. The Morgan fingerprint density at radius 2 is 1.84 bits per heavy atom. The summed E-state index contributed by atoms with van der Waals surface area (Å²) < 4.78 is 22.8. The number of nitrogens with zero attached hydrogens (tertiary/aromatic N) is 2. The van der Waals surface area contributed by atoms with E-state index in [1.165, 1.54) is 5.56 Å². The summed E-state index contributed by atoms with van der Waals surface area (Å²) in [6.45, 7) is 7.48. The Bertz CT molecular complexity index is 876. The number of rotatable bonds is 5. The van der Waals surface area contributed by atoms with E-state index in [0.29, 0.717) is 11.8 Å². The van der Waals surface area contributed by atoms with E-state index in [-0.39, 0.29) is 10.3 Å². The maximum absolute atomic E-state index is 11.4. The molecule has 0 saturated heterocycles. The van der Waals surface area contributed by atoms with Gasteiger partial charge in [-0.05, 0) is 54.0 Å². The average Bonchev–Trinajstić information content (AvgIpc) is 3.07. The number of benzene rings is 1. The van der Waals surface area contributed by atoms with Gasteiger partial charge in [-0.2, -0.15) is 0 Å². The van der Waals surface area contributed by atoms with Gasteiger partial charge in [0.05, 0.1) is 16.3 Å². The molecule has 2 aromatic rings. The molecule has 134 valence electrons. The molecule has 3 rings (SSSR count). The zero-order chi connectivity index (χ0) is 18.4. The zero-order valence-electron chi connectivity index (χ0n) is 15.1. The van der Waals surface area contributed by atoms with Gasteiger partial charge in [0, 0.05) is 19.8 Å². The Morgan fingerprint density at radius 3 is 2.40 bits per heavy atom. The molecule has 2 atom stereocenters. The molecule has 5 nitrogen and oxygen atoms in total. The van der Waals surface area contributed by atoms with Crippen LogP contribution in [-0.2, 0) is 10.0 Å². The third-order valence-electron chi connectivity index (χ3n) is 5.48. The first-order valence-electron chi connectivity index (χ1n) is 8.38. The van der Waals surface area contributed by atoms with Crippen molar-refractivity contribution in [3.05, 3.63) is 53.9 Å². The molecule has 1 fully saturated rings. The lowest BCUT2D eigenvalue weighted by atomic mass is 10.0. The van der Waals surface area contributed by atoms with E-state index in [0.717, 1.165) is 17.9 Å². The zero-order valence-corrected chi connectivity index (χ0v) is 15.9. The molecule has 25 heavy (non-hydrogen) atoms. The van der Waals surface area contributed by atoms with Crippen LogP contribution in [0.4, 0.5) is 5.69 Å². The first-order chi connectivity index (χ1) is 11.6. The lowest BCUT2D eigenvalue weighted by Gasteiger charge is -2.21. The average molecular weight is 359 g/mol. The van der Waals surface area contributed by atoms with Gasteiger partial charge in [-0.25, -0.2) is 13.6 Å². The second-order valence-electron chi connectivity index (χ2n) is 7.51. The van der Waals surface area contributed by atoms with Crippen LogP contribution in [0.15, 0.2) is 47.5 Å². The summed E-state index contributed by atoms with van der Waals surface area (Å²) in [5, 5.41) is 5.18. The van der Waals surface area contributed by atoms with Gasteiger partial charge in [-0.15, -0.1) is 0 Å². The van der Waals surface area contributed by atoms with Gasteiger partial charge in [-0.1, -0.05) is 26.0 Å². The first kappa shape index (κ1) is 17.9. The van der Waals surface area contributed by atoms with Crippen LogP contribution in [0.3, 0.4) is 0 Å². The molecule has 2 N–H and O–H groups in total. The van der Waals surface area contributed by atoms with Crippen molar-refractivity contribution >= 4 is 15.7 Å². The van der Waals surface area contributed by atoms with Gasteiger partial charge in [0.15, 0.2) is 0 Å². The minimum absolute atomic E-state index is 0.161. The molecule has 0 bridgehead atoms. The molecular weight excluding hydrogens is 334 g/mol. The quantitative estimate of drug-likeness (QED) is 0.890. The summed E-state index contributed by atoms with van der Waals surface area (Å²) in [4.78, 5) is 6.78. The van der Waals surface area contributed by atoms with Crippen molar-refractivity contribution in [2.45, 2.75) is 31.6 Å². The third-order valence-corrected chi connectivity index (χ3v) is 6.41. The summed E-state index contributed by atoms with van der Waals surface area (Å²) in [7, 11) is -1.55. The molecule has 1 aromatic carbocycles. The maximum Gasteiger partial charge on any atom is 0.238 e. The molecule has 0 spiro atoms. The highest BCUT2D eigenvalue weighted by molar-refractivity contribution is 7.89. The molecule has 6 heteroatoms. The van der Waals surface area contributed by atoms with E-state index in [1.807, 2.05) is 31.3 Å². The lowest BCUT2D eigenvalue weighted by molar-refractivity contribution is 0.552. The van der Waals surface area contributed by atoms with Crippen LogP contribution in [0, 0.1) is 18.3 Å². The summed E-state index contributed by atoms with van der Waals surface area (Å²) in [6.07, 6.45) is 1.81. The second kappa shape index (κ2) is 6.11. The van der Waals surface area contributed by atoms with Gasteiger partial charge < -0.3 is 4.90 Å². The number of sulfonamides is 1. The van der Waals surface area contributed by atoms with Gasteiger partial charge in [-0.3, -0.25) is 4.98 Å². The van der Waals surface area contributed by atoms with Crippen LogP contribution in [0.25, 0.3) is 0 Å². The molecule has 1 aliphatic carbocycles. The number of hydrogen-bond donors (Lipinski definition) is 1. The Hall–Kier alpha value is -1.92. The Balaban J connectivity index is 1.77. The number of nitrogens with two attached hydrogens (primary N) is 1. The van der Waals surface area contributed by atoms with Crippen molar-refractivity contribution < 1.29 is 8.42 Å². The predicted molar refractivity (Wildman–Crippen MR) is 100 cm³/mol. The number of anilines is 1. The summed E-state index contributed by atoms with van der Waals surface area (Å²) in [5.41, 5.74) is 3.51. The van der Waals surface area contributed by atoms with Crippen LogP contribution < -0.4 is 10.0 Å². The van der Waals surface area contributed by atoms with E-state index < -0.39 is 10.0 Å². The van der Waals surface area contributed by atoms with Crippen molar-refractivity contribution in [3.63, 3.8) is 0 Å².